The van der Waals surface area contributed by atoms with Gasteiger partial charge in [-0.1, -0.05) is 93.6 Å². The predicted molar refractivity (Wildman–Crippen MR) is 140 cm³/mol. The summed E-state index contributed by atoms with van der Waals surface area (Å²) in [6.45, 7) is 4.09. The summed E-state index contributed by atoms with van der Waals surface area (Å²) in [4.78, 5) is 24.7. The molecule has 0 radical (unpaired) electrons. The lowest BCUT2D eigenvalue weighted by atomic mass is 9.99. The Labute approximate surface area is 220 Å². The zero-order chi connectivity index (χ0) is 26.9. The molecule has 2 aromatic carbocycles. The van der Waals surface area contributed by atoms with E-state index in [-0.39, 0.29) is 29.7 Å². The largest absolute Gasteiger partial charge is 0.573 e. The van der Waals surface area contributed by atoms with Crippen LogP contribution < -0.4 is 4.74 Å². The van der Waals surface area contributed by atoms with Crippen molar-refractivity contribution in [3.8, 4) is 16.9 Å². The highest BCUT2D eigenvalue weighted by Crippen LogP contribution is 2.44. The van der Waals surface area contributed by atoms with Crippen molar-refractivity contribution in [2.45, 2.75) is 76.3 Å². The number of rotatable bonds is 14. The van der Waals surface area contributed by atoms with Crippen LogP contribution in [-0.4, -0.2) is 28.6 Å². The van der Waals surface area contributed by atoms with Crippen molar-refractivity contribution in [3.05, 3.63) is 65.9 Å². The first-order valence-electron chi connectivity index (χ1n) is 12.6. The van der Waals surface area contributed by atoms with Gasteiger partial charge >= 0.3 is 6.36 Å². The fourth-order valence-electron chi connectivity index (χ4n) is 4.27. The van der Waals surface area contributed by atoms with Crippen molar-refractivity contribution in [3.63, 3.8) is 0 Å². The minimum atomic E-state index is -4.73. The average molecular weight is 535 g/mol. The van der Waals surface area contributed by atoms with Crippen LogP contribution >= 0.6 is 11.8 Å². The highest BCUT2D eigenvalue weighted by atomic mass is 32.2. The number of halogens is 3. The first kappa shape index (κ1) is 28.8. The minimum Gasteiger partial charge on any atom is -0.489 e. The molecule has 0 bridgehead atoms. The Morgan fingerprint density at radius 3 is 2.14 bits per heavy atom. The Balaban J connectivity index is 1.48. The molecule has 3 rings (SSSR count). The average Bonchev–Trinajstić information content (AvgIpc) is 3.13. The SMILES string of the molecule is CCCCCCCCC1(C)SC(=O)C=C1OCC(=O)Cc1ccc(-c2ccc(OC(F)(F)F)cc2)cc1. The summed E-state index contributed by atoms with van der Waals surface area (Å²) in [5.74, 6) is 0.199. The molecular formula is C29H33F3O4S. The number of alkyl halides is 3. The lowest BCUT2D eigenvalue weighted by Crippen LogP contribution is -2.24. The molecule has 200 valence electrons. The van der Waals surface area contributed by atoms with E-state index in [9.17, 15) is 22.8 Å². The van der Waals surface area contributed by atoms with E-state index in [0.29, 0.717) is 5.76 Å². The quantitative estimate of drug-likeness (QED) is 0.230. The molecule has 4 nitrogen and oxygen atoms in total. The van der Waals surface area contributed by atoms with E-state index < -0.39 is 11.1 Å². The van der Waals surface area contributed by atoms with Gasteiger partial charge in [-0.2, -0.15) is 0 Å². The van der Waals surface area contributed by atoms with Crippen LogP contribution in [0.3, 0.4) is 0 Å². The zero-order valence-electron chi connectivity index (χ0n) is 21.2. The molecule has 0 saturated carbocycles. The maximum absolute atomic E-state index is 12.6. The van der Waals surface area contributed by atoms with Crippen LogP contribution in [-0.2, 0) is 20.7 Å². The van der Waals surface area contributed by atoms with Crippen LogP contribution in [0.1, 0.15) is 64.4 Å². The van der Waals surface area contributed by atoms with Gasteiger partial charge in [0.15, 0.2) is 5.78 Å². The van der Waals surface area contributed by atoms with Gasteiger partial charge in [0.25, 0.3) is 0 Å². The zero-order valence-corrected chi connectivity index (χ0v) is 22.1. The molecule has 1 unspecified atom stereocenters. The van der Waals surface area contributed by atoms with Crippen LogP contribution in [0.5, 0.6) is 5.75 Å². The summed E-state index contributed by atoms with van der Waals surface area (Å²) < 4.78 is 46.3. The van der Waals surface area contributed by atoms with Crippen LogP contribution in [0.25, 0.3) is 11.1 Å². The third kappa shape index (κ3) is 9.26. The summed E-state index contributed by atoms with van der Waals surface area (Å²) in [5, 5.41) is -0.0375. The Morgan fingerprint density at radius 1 is 0.919 bits per heavy atom. The van der Waals surface area contributed by atoms with E-state index in [1.807, 2.05) is 31.2 Å². The molecule has 0 aromatic heterocycles. The number of ketones is 1. The van der Waals surface area contributed by atoms with Gasteiger partial charge in [0, 0.05) is 12.5 Å². The Morgan fingerprint density at radius 2 is 1.51 bits per heavy atom. The third-order valence-corrected chi connectivity index (χ3v) is 7.44. The summed E-state index contributed by atoms with van der Waals surface area (Å²) in [6, 6.07) is 12.9. The lowest BCUT2D eigenvalue weighted by Gasteiger charge is -2.26. The maximum Gasteiger partial charge on any atom is 0.573 e. The fraction of sp³-hybridized carbons (Fsp3) is 0.448. The summed E-state index contributed by atoms with van der Waals surface area (Å²) in [6.07, 6.45) is 4.81. The van der Waals surface area contributed by atoms with E-state index in [1.54, 1.807) is 12.1 Å². The molecule has 0 spiro atoms. The van der Waals surface area contributed by atoms with Crippen LogP contribution in [0, 0.1) is 0 Å². The van der Waals surface area contributed by atoms with E-state index in [4.69, 9.17) is 4.74 Å². The van der Waals surface area contributed by atoms with Gasteiger partial charge in [-0.25, -0.2) is 0 Å². The monoisotopic (exact) mass is 534 g/mol. The van der Waals surface area contributed by atoms with Crippen molar-refractivity contribution < 1.29 is 32.2 Å². The summed E-state index contributed by atoms with van der Waals surface area (Å²) in [5.41, 5.74) is 2.34. The molecule has 37 heavy (non-hydrogen) atoms. The maximum atomic E-state index is 12.6. The molecule has 0 amide bonds. The van der Waals surface area contributed by atoms with E-state index in [2.05, 4.69) is 11.7 Å². The second kappa shape index (κ2) is 13.2. The Bertz CT molecular complexity index is 1080. The Kier molecular flexibility index (Phi) is 10.3. The number of benzene rings is 2. The highest BCUT2D eigenvalue weighted by Gasteiger charge is 2.39. The second-order valence-corrected chi connectivity index (χ2v) is 11.0. The number of Topliss-reactive ketones (excluding diaryl/α,β-unsaturated/α-hetero) is 1. The third-order valence-electron chi connectivity index (χ3n) is 6.27. The van der Waals surface area contributed by atoms with Crippen LogP contribution in [0.2, 0.25) is 0 Å². The standard InChI is InChI=1S/C29H33F3O4S/c1-3-4-5-6-7-8-17-28(2)26(19-27(34)37-28)35-20-24(33)18-21-9-11-22(12-10-21)23-13-15-25(16-14-23)36-29(30,31)32/h9-16,19H,3-8,17-18,20H2,1-2H3. The van der Waals surface area contributed by atoms with Gasteiger partial charge in [0.2, 0.25) is 5.12 Å². The predicted octanol–water partition coefficient (Wildman–Crippen LogP) is 8.05. The van der Waals surface area contributed by atoms with Crippen molar-refractivity contribution in [2.24, 2.45) is 0 Å². The highest BCUT2D eigenvalue weighted by molar-refractivity contribution is 8.15. The lowest BCUT2D eigenvalue weighted by molar-refractivity contribution is -0.274. The van der Waals surface area contributed by atoms with Gasteiger partial charge in [-0.3, -0.25) is 9.59 Å². The fourth-order valence-corrected chi connectivity index (χ4v) is 5.35. The second-order valence-electron chi connectivity index (χ2n) is 9.45. The van der Waals surface area contributed by atoms with Crippen molar-refractivity contribution in [1.29, 1.82) is 0 Å². The van der Waals surface area contributed by atoms with Gasteiger partial charge in [-0.15, -0.1) is 13.2 Å². The number of unbranched alkanes of at least 4 members (excludes halogenated alkanes) is 5. The van der Waals surface area contributed by atoms with E-state index in [0.717, 1.165) is 36.0 Å². The van der Waals surface area contributed by atoms with Gasteiger partial charge in [0.1, 0.15) is 18.1 Å². The Hall–Kier alpha value is -2.74. The van der Waals surface area contributed by atoms with Crippen molar-refractivity contribution in [1.82, 2.24) is 0 Å². The first-order chi connectivity index (χ1) is 17.6. The molecule has 0 saturated heterocycles. The molecule has 1 heterocycles. The van der Waals surface area contributed by atoms with Gasteiger partial charge in [-0.05, 0) is 42.2 Å². The molecule has 0 N–H and O–H groups in total. The topological polar surface area (TPSA) is 52.6 Å². The summed E-state index contributed by atoms with van der Waals surface area (Å²) in [7, 11) is 0. The first-order valence-corrected chi connectivity index (χ1v) is 13.4. The van der Waals surface area contributed by atoms with Crippen LogP contribution in [0.15, 0.2) is 60.4 Å². The molecule has 8 heteroatoms. The van der Waals surface area contributed by atoms with Gasteiger partial charge < -0.3 is 9.47 Å². The number of thioether (sulfide) groups is 1. The number of hydrogen-bond acceptors (Lipinski definition) is 5. The molecular weight excluding hydrogens is 501 g/mol. The number of carbonyl (C=O) groups excluding carboxylic acids is 2. The molecule has 0 aliphatic carbocycles. The van der Waals surface area contributed by atoms with E-state index in [1.165, 1.54) is 55.7 Å². The molecule has 1 aliphatic rings. The molecule has 2 aromatic rings. The normalized spacial score (nSPS) is 17.5. The smallest absolute Gasteiger partial charge is 0.489 e. The number of carbonyl (C=O) groups is 2. The van der Waals surface area contributed by atoms with Crippen molar-refractivity contribution in [2.75, 3.05) is 6.61 Å². The number of hydrogen-bond donors (Lipinski definition) is 0. The number of ether oxygens (including phenoxy) is 2. The van der Waals surface area contributed by atoms with Crippen LogP contribution in [0.4, 0.5) is 13.2 Å². The molecule has 1 aliphatic heterocycles. The van der Waals surface area contributed by atoms with Crippen molar-refractivity contribution >= 4 is 22.7 Å². The van der Waals surface area contributed by atoms with Gasteiger partial charge in [0.05, 0.1) is 4.75 Å². The molecule has 0 fully saturated rings. The summed E-state index contributed by atoms with van der Waals surface area (Å²) >= 11 is 1.27. The molecule has 1 atom stereocenters. The minimum absolute atomic E-state index is 0.0375. The van der Waals surface area contributed by atoms with E-state index >= 15 is 0 Å².